The summed E-state index contributed by atoms with van der Waals surface area (Å²) in [6, 6.07) is -1.87. The molecule has 0 fully saturated rings. The Morgan fingerprint density at radius 1 is 1.48 bits per heavy atom. The third-order valence-electron chi connectivity index (χ3n) is 3.08. The van der Waals surface area contributed by atoms with Crippen molar-refractivity contribution in [3.05, 3.63) is 30.0 Å². The van der Waals surface area contributed by atoms with Crippen molar-refractivity contribution in [3.63, 3.8) is 0 Å². The minimum atomic E-state index is -1.11. The van der Waals surface area contributed by atoms with Gasteiger partial charge in [0.25, 0.3) is 0 Å². The third-order valence-corrected chi connectivity index (χ3v) is 3.08. The van der Waals surface area contributed by atoms with E-state index >= 15 is 0 Å². The molecule has 2 rings (SSSR count). The smallest absolute Gasteiger partial charge is 0.326 e. The Hall–Kier alpha value is -2.48. The zero-order valence-electron chi connectivity index (χ0n) is 11.3. The van der Waals surface area contributed by atoms with Crippen molar-refractivity contribution >= 4 is 18.1 Å². The van der Waals surface area contributed by atoms with Crippen LogP contribution in [-0.4, -0.2) is 45.2 Å². The number of carbonyl (C=O) groups is 2. The Kier molecular flexibility index (Phi) is 4.83. The van der Waals surface area contributed by atoms with Crippen LogP contribution in [0.1, 0.15) is 18.5 Å². The van der Waals surface area contributed by atoms with Crippen molar-refractivity contribution in [1.82, 2.24) is 15.3 Å². The summed E-state index contributed by atoms with van der Waals surface area (Å²) < 4.78 is 0. The third kappa shape index (κ3) is 4.25. The maximum atomic E-state index is 12.0. The van der Waals surface area contributed by atoms with E-state index in [9.17, 15) is 14.7 Å². The molecule has 5 N–H and O–H groups in total. The van der Waals surface area contributed by atoms with E-state index in [1.807, 2.05) is 6.08 Å². The Bertz CT molecular complexity index is 564. The lowest BCUT2D eigenvalue weighted by Crippen LogP contribution is -2.49. The van der Waals surface area contributed by atoms with Gasteiger partial charge >= 0.3 is 5.97 Å². The van der Waals surface area contributed by atoms with Gasteiger partial charge in [0.05, 0.1) is 12.4 Å². The van der Waals surface area contributed by atoms with Gasteiger partial charge in [0, 0.05) is 43.1 Å². The van der Waals surface area contributed by atoms with Crippen LogP contribution in [0.2, 0.25) is 0 Å². The van der Waals surface area contributed by atoms with E-state index in [0.29, 0.717) is 17.8 Å². The molecule has 0 unspecified atom stereocenters. The molecule has 1 aromatic heterocycles. The molecule has 8 nitrogen and oxygen atoms in total. The molecule has 0 bridgehead atoms. The van der Waals surface area contributed by atoms with E-state index in [4.69, 9.17) is 5.73 Å². The van der Waals surface area contributed by atoms with Gasteiger partial charge in [0.2, 0.25) is 5.91 Å². The van der Waals surface area contributed by atoms with Gasteiger partial charge in [0.15, 0.2) is 0 Å². The topological polar surface area (TPSA) is 133 Å². The second-order valence-electron chi connectivity index (χ2n) is 4.73. The number of H-pyrrole nitrogens is 1. The van der Waals surface area contributed by atoms with Crippen molar-refractivity contribution in [2.75, 3.05) is 0 Å². The van der Waals surface area contributed by atoms with E-state index in [1.165, 1.54) is 6.33 Å². The lowest BCUT2D eigenvalue weighted by atomic mass is 10.1. The number of nitrogens with two attached hydrogens (primary N) is 1. The van der Waals surface area contributed by atoms with Gasteiger partial charge in [-0.2, -0.15) is 0 Å². The minimum Gasteiger partial charge on any atom is -0.480 e. The number of carboxylic acid groups (broad SMARTS) is 1. The summed E-state index contributed by atoms with van der Waals surface area (Å²) in [5.41, 5.74) is 7.14. The van der Waals surface area contributed by atoms with Crippen LogP contribution in [0.25, 0.3) is 0 Å². The molecule has 0 aromatic carbocycles. The fraction of sp³-hybridized carbons (Fsp3) is 0.385. The predicted molar refractivity (Wildman–Crippen MR) is 75.6 cm³/mol. The second kappa shape index (κ2) is 6.80. The van der Waals surface area contributed by atoms with Gasteiger partial charge in [0.1, 0.15) is 6.04 Å². The molecular formula is C13H17N5O3. The van der Waals surface area contributed by atoms with Crippen LogP contribution in [0, 0.1) is 0 Å². The largest absolute Gasteiger partial charge is 0.480 e. The highest BCUT2D eigenvalue weighted by Crippen LogP contribution is 2.12. The van der Waals surface area contributed by atoms with Gasteiger partial charge in [-0.3, -0.25) is 9.79 Å². The molecule has 1 aromatic rings. The van der Waals surface area contributed by atoms with Gasteiger partial charge in [-0.25, -0.2) is 9.78 Å². The lowest BCUT2D eigenvalue weighted by molar-refractivity contribution is -0.141. The summed E-state index contributed by atoms with van der Waals surface area (Å²) >= 11 is 0. The SMILES string of the molecule is N[C@@H](Cc1cnc[nH]1)C(=O)N[C@H](CC1=CCC=N1)C(=O)O. The zero-order valence-corrected chi connectivity index (χ0v) is 11.3. The number of nitrogens with zero attached hydrogens (tertiary/aromatic N) is 2. The molecule has 1 amide bonds. The summed E-state index contributed by atoms with van der Waals surface area (Å²) in [4.78, 5) is 33.9. The number of allylic oxidation sites excluding steroid dienone is 1. The number of nitrogens with one attached hydrogen (secondary N) is 2. The van der Waals surface area contributed by atoms with Crippen LogP contribution in [0.5, 0.6) is 0 Å². The molecule has 112 valence electrons. The van der Waals surface area contributed by atoms with E-state index in [-0.39, 0.29) is 12.8 Å². The van der Waals surface area contributed by atoms with Crippen molar-refractivity contribution in [2.24, 2.45) is 10.7 Å². The first-order valence-corrected chi connectivity index (χ1v) is 6.54. The number of amides is 1. The summed E-state index contributed by atoms with van der Waals surface area (Å²) in [5, 5.41) is 11.6. The highest BCUT2D eigenvalue weighted by Gasteiger charge is 2.25. The van der Waals surface area contributed by atoms with E-state index in [1.54, 1.807) is 12.4 Å². The first-order chi connectivity index (χ1) is 10.1. The average molecular weight is 291 g/mol. The normalized spacial score (nSPS) is 16.3. The molecule has 2 atom stereocenters. The van der Waals surface area contributed by atoms with Crippen molar-refractivity contribution < 1.29 is 14.7 Å². The number of imidazole rings is 1. The van der Waals surface area contributed by atoms with Crippen molar-refractivity contribution in [3.8, 4) is 0 Å². The molecule has 0 spiro atoms. The molecule has 0 radical (unpaired) electrons. The van der Waals surface area contributed by atoms with Gasteiger partial charge in [-0.1, -0.05) is 6.08 Å². The number of hydrogen-bond donors (Lipinski definition) is 4. The molecule has 0 saturated carbocycles. The first kappa shape index (κ1) is 14.9. The zero-order chi connectivity index (χ0) is 15.2. The number of rotatable bonds is 7. The molecule has 1 aliphatic rings. The first-order valence-electron chi connectivity index (χ1n) is 6.54. The van der Waals surface area contributed by atoms with Crippen LogP contribution >= 0.6 is 0 Å². The Morgan fingerprint density at radius 3 is 2.86 bits per heavy atom. The van der Waals surface area contributed by atoms with Crippen LogP contribution in [0.3, 0.4) is 0 Å². The number of hydrogen-bond acceptors (Lipinski definition) is 5. The second-order valence-corrected chi connectivity index (χ2v) is 4.73. The summed E-state index contributed by atoms with van der Waals surface area (Å²) in [5.74, 6) is -1.63. The standard InChI is InChI=1S/C13H17N5O3/c14-10(4-9-6-15-7-17-9)12(19)18-11(13(20)21)5-8-2-1-3-16-8/h2-3,6-7,10-11H,1,4-5,14H2,(H,15,17)(H,18,19)(H,20,21)/t10-,11+/m0/s1. The fourth-order valence-electron chi connectivity index (χ4n) is 1.96. The van der Waals surface area contributed by atoms with E-state index in [2.05, 4.69) is 20.3 Å². The van der Waals surface area contributed by atoms with E-state index < -0.39 is 24.0 Å². The van der Waals surface area contributed by atoms with Crippen LogP contribution in [0.4, 0.5) is 0 Å². The summed E-state index contributed by atoms with van der Waals surface area (Å²) in [6.07, 6.45) is 7.68. The molecule has 21 heavy (non-hydrogen) atoms. The summed E-state index contributed by atoms with van der Waals surface area (Å²) in [6.45, 7) is 0. The fourth-order valence-corrected chi connectivity index (χ4v) is 1.96. The molecule has 0 saturated heterocycles. The molecule has 1 aliphatic heterocycles. The number of aliphatic imine (C=N–C) groups is 1. The van der Waals surface area contributed by atoms with Crippen molar-refractivity contribution in [2.45, 2.75) is 31.3 Å². The van der Waals surface area contributed by atoms with Gasteiger partial charge in [-0.05, 0) is 0 Å². The van der Waals surface area contributed by atoms with Gasteiger partial charge < -0.3 is 21.1 Å². The maximum absolute atomic E-state index is 12.0. The molecule has 0 aliphatic carbocycles. The quantitative estimate of drug-likeness (QED) is 0.542. The average Bonchev–Trinajstić information content (AvgIpc) is 3.10. The predicted octanol–water partition coefficient (Wildman–Crippen LogP) is -0.403. The maximum Gasteiger partial charge on any atom is 0.326 e. The Labute approximate surface area is 121 Å². The van der Waals surface area contributed by atoms with Crippen LogP contribution < -0.4 is 11.1 Å². The van der Waals surface area contributed by atoms with Gasteiger partial charge in [-0.15, -0.1) is 0 Å². The number of carbonyl (C=O) groups excluding carboxylic acids is 1. The molecule has 2 heterocycles. The van der Waals surface area contributed by atoms with E-state index in [0.717, 1.165) is 0 Å². The minimum absolute atomic E-state index is 0.147. The highest BCUT2D eigenvalue weighted by atomic mass is 16.4. The Balaban J connectivity index is 1.91. The number of carboxylic acids is 1. The highest BCUT2D eigenvalue weighted by molar-refractivity contribution is 5.87. The lowest BCUT2D eigenvalue weighted by Gasteiger charge is -2.17. The Morgan fingerprint density at radius 2 is 2.29 bits per heavy atom. The molecule has 8 heteroatoms. The number of aromatic amines is 1. The monoisotopic (exact) mass is 291 g/mol. The van der Waals surface area contributed by atoms with Crippen LogP contribution in [0.15, 0.2) is 29.3 Å². The van der Waals surface area contributed by atoms with Crippen LogP contribution in [-0.2, 0) is 16.0 Å². The molecular weight excluding hydrogens is 274 g/mol. The summed E-state index contributed by atoms with van der Waals surface area (Å²) in [7, 11) is 0. The van der Waals surface area contributed by atoms with Crippen molar-refractivity contribution in [1.29, 1.82) is 0 Å². The number of aliphatic carboxylic acids is 1. The number of aromatic nitrogens is 2.